The number of esters is 1. The summed E-state index contributed by atoms with van der Waals surface area (Å²) in [6, 6.07) is 1.44. The maximum Gasteiger partial charge on any atom is 0.411 e. The van der Waals surface area contributed by atoms with Crippen LogP contribution in [0.4, 0.5) is 10.5 Å². The highest BCUT2D eigenvalue weighted by molar-refractivity contribution is 5.99. The number of nitrogens with zero attached hydrogens (tertiary/aromatic N) is 1. The minimum atomic E-state index is -0.673. The molecule has 1 N–H and O–H groups in total. The summed E-state index contributed by atoms with van der Waals surface area (Å²) in [7, 11) is 2.48. The van der Waals surface area contributed by atoms with Crippen molar-refractivity contribution in [2.45, 2.75) is 0 Å². The van der Waals surface area contributed by atoms with E-state index in [2.05, 4.69) is 19.8 Å². The van der Waals surface area contributed by atoms with Gasteiger partial charge in [0, 0.05) is 6.20 Å². The van der Waals surface area contributed by atoms with Crippen LogP contribution in [-0.4, -0.2) is 31.3 Å². The van der Waals surface area contributed by atoms with E-state index < -0.39 is 12.1 Å². The first-order valence-corrected chi connectivity index (χ1v) is 4.06. The van der Waals surface area contributed by atoms with Crippen LogP contribution in [0.15, 0.2) is 18.5 Å². The molecule has 0 saturated carbocycles. The third-order valence-electron chi connectivity index (χ3n) is 1.65. The second-order valence-electron chi connectivity index (χ2n) is 2.53. The van der Waals surface area contributed by atoms with Crippen molar-refractivity contribution in [3.8, 4) is 0 Å². The van der Waals surface area contributed by atoms with E-state index in [1.54, 1.807) is 0 Å². The Bertz CT molecular complexity index is 378. The van der Waals surface area contributed by atoms with Gasteiger partial charge in [0.1, 0.15) is 0 Å². The number of amides is 1. The number of aromatic nitrogens is 1. The molecule has 15 heavy (non-hydrogen) atoms. The van der Waals surface area contributed by atoms with E-state index in [9.17, 15) is 9.59 Å². The van der Waals surface area contributed by atoms with Crippen molar-refractivity contribution in [3.63, 3.8) is 0 Å². The van der Waals surface area contributed by atoms with E-state index in [1.165, 1.54) is 32.7 Å². The molecule has 0 aliphatic rings. The van der Waals surface area contributed by atoms with Crippen molar-refractivity contribution in [1.82, 2.24) is 4.98 Å². The highest BCUT2D eigenvalue weighted by Crippen LogP contribution is 2.14. The predicted octanol–water partition coefficient (Wildman–Crippen LogP) is 1.05. The summed E-state index contributed by atoms with van der Waals surface area (Å²) in [5.41, 5.74) is 0.467. The number of hydrogen-bond acceptors (Lipinski definition) is 5. The van der Waals surface area contributed by atoms with Gasteiger partial charge < -0.3 is 9.47 Å². The fourth-order valence-electron chi connectivity index (χ4n) is 0.943. The van der Waals surface area contributed by atoms with Gasteiger partial charge in [0.25, 0.3) is 0 Å². The van der Waals surface area contributed by atoms with Crippen molar-refractivity contribution in [2.75, 3.05) is 19.5 Å². The Morgan fingerprint density at radius 2 is 2.07 bits per heavy atom. The molecule has 80 valence electrons. The normalized spacial score (nSPS) is 9.20. The Morgan fingerprint density at radius 3 is 2.67 bits per heavy atom. The third-order valence-corrected chi connectivity index (χ3v) is 1.65. The van der Waals surface area contributed by atoms with Gasteiger partial charge >= 0.3 is 12.1 Å². The number of nitrogens with one attached hydrogen (secondary N) is 1. The summed E-state index contributed by atoms with van der Waals surface area (Å²) in [5, 5.41) is 2.35. The van der Waals surface area contributed by atoms with Gasteiger partial charge in [0.2, 0.25) is 0 Å². The topological polar surface area (TPSA) is 77.5 Å². The lowest BCUT2D eigenvalue weighted by Gasteiger charge is -2.07. The fraction of sp³-hybridized carbons (Fsp3) is 0.222. The van der Waals surface area contributed by atoms with Crippen LogP contribution >= 0.6 is 0 Å². The van der Waals surface area contributed by atoms with Crippen LogP contribution in [-0.2, 0) is 9.47 Å². The molecule has 6 heteroatoms. The lowest BCUT2D eigenvalue weighted by Crippen LogP contribution is -2.15. The predicted molar refractivity (Wildman–Crippen MR) is 51.6 cm³/mol. The van der Waals surface area contributed by atoms with E-state index in [4.69, 9.17) is 0 Å². The highest BCUT2D eigenvalue weighted by atomic mass is 16.5. The zero-order valence-electron chi connectivity index (χ0n) is 8.31. The van der Waals surface area contributed by atoms with E-state index in [-0.39, 0.29) is 11.3 Å². The second-order valence-corrected chi connectivity index (χ2v) is 2.53. The van der Waals surface area contributed by atoms with Crippen LogP contribution in [0, 0.1) is 0 Å². The molecular formula is C9H10N2O4. The maximum atomic E-state index is 11.3. The van der Waals surface area contributed by atoms with Crippen LogP contribution in [0.3, 0.4) is 0 Å². The minimum Gasteiger partial charge on any atom is -0.465 e. The van der Waals surface area contributed by atoms with Gasteiger partial charge in [-0.2, -0.15) is 0 Å². The number of anilines is 1. The van der Waals surface area contributed by atoms with Crippen molar-refractivity contribution in [2.24, 2.45) is 0 Å². The zero-order valence-corrected chi connectivity index (χ0v) is 8.31. The summed E-state index contributed by atoms with van der Waals surface area (Å²) >= 11 is 0. The number of ether oxygens (including phenoxy) is 2. The standard InChI is InChI=1S/C9H10N2O4/c1-14-8(12)6-3-4-10-5-7(6)11-9(13)15-2/h3-5H,1-2H3,(H,11,13). The zero-order chi connectivity index (χ0) is 11.3. The molecule has 0 unspecified atom stereocenters. The summed E-state index contributed by atoms with van der Waals surface area (Å²) in [4.78, 5) is 26.0. The molecule has 0 spiro atoms. The number of rotatable bonds is 2. The lowest BCUT2D eigenvalue weighted by atomic mass is 10.2. The number of pyridine rings is 1. The average molecular weight is 210 g/mol. The Hall–Kier alpha value is -2.11. The Labute approximate surface area is 86.2 Å². The van der Waals surface area contributed by atoms with Gasteiger partial charge in [-0.15, -0.1) is 0 Å². The van der Waals surface area contributed by atoms with Gasteiger partial charge in [-0.3, -0.25) is 10.3 Å². The van der Waals surface area contributed by atoms with Crippen molar-refractivity contribution in [3.05, 3.63) is 24.0 Å². The quantitative estimate of drug-likeness (QED) is 0.738. The molecule has 0 radical (unpaired) electrons. The van der Waals surface area contributed by atoms with Crippen LogP contribution in [0.2, 0.25) is 0 Å². The molecule has 1 rings (SSSR count). The van der Waals surface area contributed by atoms with E-state index in [1.807, 2.05) is 0 Å². The number of carbonyl (C=O) groups is 2. The Morgan fingerprint density at radius 1 is 1.33 bits per heavy atom. The average Bonchev–Trinajstić information content (AvgIpc) is 2.28. The first-order chi connectivity index (χ1) is 7.19. The van der Waals surface area contributed by atoms with Crippen molar-refractivity contribution < 1.29 is 19.1 Å². The Balaban J connectivity index is 2.96. The van der Waals surface area contributed by atoms with Gasteiger partial charge in [-0.1, -0.05) is 0 Å². The Kier molecular flexibility index (Phi) is 3.61. The molecule has 1 amide bonds. The highest BCUT2D eigenvalue weighted by Gasteiger charge is 2.13. The van der Waals surface area contributed by atoms with Crippen molar-refractivity contribution >= 4 is 17.7 Å². The smallest absolute Gasteiger partial charge is 0.411 e. The van der Waals surface area contributed by atoms with Gasteiger partial charge in [-0.05, 0) is 6.07 Å². The van der Waals surface area contributed by atoms with Crippen LogP contribution in [0.1, 0.15) is 10.4 Å². The number of hydrogen-bond donors (Lipinski definition) is 1. The summed E-state index contributed by atoms with van der Waals surface area (Å²) in [5.74, 6) is -0.552. The molecule has 0 aromatic carbocycles. The molecule has 0 atom stereocenters. The largest absolute Gasteiger partial charge is 0.465 e. The maximum absolute atomic E-state index is 11.3. The molecule has 0 fully saturated rings. The molecule has 1 heterocycles. The molecule has 0 aliphatic heterocycles. The summed E-state index contributed by atoms with van der Waals surface area (Å²) in [6.45, 7) is 0. The first-order valence-electron chi connectivity index (χ1n) is 4.06. The molecule has 1 aromatic rings. The number of methoxy groups -OCH3 is 2. The van der Waals surface area contributed by atoms with Crippen LogP contribution in [0.25, 0.3) is 0 Å². The molecule has 1 aromatic heterocycles. The third kappa shape index (κ3) is 2.67. The number of carbonyl (C=O) groups excluding carboxylic acids is 2. The van der Waals surface area contributed by atoms with Crippen LogP contribution in [0.5, 0.6) is 0 Å². The van der Waals surface area contributed by atoms with Crippen molar-refractivity contribution in [1.29, 1.82) is 0 Å². The minimum absolute atomic E-state index is 0.220. The molecular weight excluding hydrogens is 200 g/mol. The van der Waals surface area contributed by atoms with Gasteiger partial charge in [-0.25, -0.2) is 9.59 Å². The summed E-state index contributed by atoms with van der Waals surface area (Å²) in [6.07, 6.45) is 2.09. The molecule has 0 bridgehead atoms. The first kappa shape index (κ1) is 11.0. The fourth-order valence-corrected chi connectivity index (χ4v) is 0.943. The molecule has 0 saturated heterocycles. The lowest BCUT2D eigenvalue weighted by molar-refractivity contribution is 0.0602. The molecule has 0 aliphatic carbocycles. The van der Waals surface area contributed by atoms with Gasteiger partial charge in [0.15, 0.2) is 0 Å². The van der Waals surface area contributed by atoms with Crippen LogP contribution < -0.4 is 5.32 Å². The van der Waals surface area contributed by atoms with E-state index in [0.29, 0.717) is 0 Å². The summed E-state index contributed by atoms with van der Waals surface area (Å²) < 4.78 is 8.93. The van der Waals surface area contributed by atoms with E-state index in [0.717, 1.165) is 0 Å². The van der Waals surface area contributed by atoms with E-state index >= 15 is 0 Å². The second kappa shape index (κ2) is 4.94. The molecule has 6 nitrogen and oxygen atoms in total. The monoisotopic (exact) mass is 210 g/mol. The van der Waals surface area contributed by atoms with Gasteiger partial charge in [0.05, 0.1) is 31.7 Å². The SMILES string of the molecule is COC(=O)Nc1cnccc1C(=O)OC.